The van der Waals surface area contributed by atoms with Crippen LogP contribution in [0.3, 0.4) is 0 Å². The van der Waals surface area contributed by atoms with E-state index in [1.807, 2.05) is 36.4 Å². The van der Waals surface area contributed by atoms with Gasteiger partial charge in [0.25, 0.3) is 5.91 Å². The molecule has 1 aliphatic rings. The molecule has 1 aromatic heterocycles. The molecule has 1 aliphatic carbocycles. The number of carbonyl (C=O) groups excluding carboxylic acids is 1. The van der Waals surface area contributed by atoms with E-state index in [9.17, 15) is 4.79 Å². The number of nitrogens with zero attached hydrogens (tertiary/aromatic N) is 1. The number of fused-ring (bicyclic) bond motifs is 1. The number of anilines is 1. The Balaban J connectivity index is 1.64. The van der Waals surface area contributed by atoms with E-state index < -0.39 is 0 Å². The van der Waals surface area contributed by atoms with E-state index in [0.717, 1.165) is 48.6 Å². The van der Waals surface area contributed by atoms with Crippen LogP contribution >= 0.6 is 11.6 Å². The van der Waals surface area contributed by atoms with Gasteiger partial charge in [-0.05, 0) is 61.9 Å². The number of aromatic nitrogens is 1. The first-order valence-corrected chi connectivity index (χ1v) is 9.69. The number of benzene rings is 2. The van der Waals surface area contributed by atoms with Crippen LogP contribution in [0.5, 0.6) is 0 Å². The number of amides is 1. The van der Waals surface area contributed by atoms with Crippen LogP contribution in [-0.2, 0) is 11.2 Å². The lowest BCUT2D eigenvalue weighted by Gasteiger charge is -2.20. The molecule has 136 valence electrons. The van der Waals surface area contributed by atoms with Crippen molar-refractivity contribution in [3.05, 3.63) is 82.5 Å². The zero-order chi connectivity index (χ0) is 18.6. The molecular weight excluding hydrogens is 356 g/mol. The number of pyridine rings is 1. The maximum absolute atomic E-state index is 13.1. The summed E-state index contributed by atoms with van der Waals surface area (Å²) in [7, 11) is 0. The normalized spacial score (nSPS) is 14.4. The van der Waals surface area contributed by atoms with E-state index in [0.29, 0.717) is 10.7 Å². The first kappa shape index (κ1) is 17.7. The lowest BCUT2D eigenvalue weighted by molar-refractivity contribution is -0.113. The van der Waals surface area contributed by atoms with Crippen molar-refractivity contribution in [1.29, 1.82) is 0 Å². The van der Waals surface area contributed by atoms with Gasteiger partial charge < -0.3 is 5.32 Å². The van der Waals surface area contributed by atoms with Crippen molar-refractivity contribution >= 4 is 34.1 Å². The second kappa shape index (κ2) is 7.93. The number of halogens is 1. The lowest BCUT2D eigenvalue weighted by Crippen LogP contribution is -2.19. The van der Waals surface area contributed by atoms with Gasteiger partial charge in [0.05, 0.1) is 16.2 Å². The third-order valence-corrected chi connectivity index (χ3v) is 5.41. The molecule has 3 nitrogen and oxygen atoms in total. The van der Waals surface area contributed by atoms with E-state index in [-0.39, 0.29) is 5.91 Å². The van der Waals surface area contributed by atoms with E-state index in [1.54, 1.807) is 12.3 Å². The quantitative estimate of drug-likeness (QED) is 0.612. The van der Waals surface area contributed by atoms with Crippen LogP contribution in [0, 0.1) is 0 Å². The predicted molar refractivity (Wildman–Crippen MR) is 111 cm³/mol. The molecule has 1 N–H and O–H groups in total. The highest BCUT2D eigenvalue weighted by atomic mass is 35.5. The summed E-state index contributed by atoms with van der Waals surface area (Å²) in [6.07, 6.45) is 6.56. The van der Waals surface area contributed by atoms with E-state index >= 15 is 0 Å². The minimum absolute atomic E-state index is 0.0186. The Labute approximate surface area is 164 Å². The molecule has 0 atom stereocenters. The third-order valence-electron chi connectivity index (χ3n) is 5.08. The van der Waals surface area contributed by atoms with Crippen LogP contribution in [0.2, 0.25) is 5.02 Å². The molecule has 4 heteroatoms. The number of hydrogen-bond acceptors (Lipinski definition) is 2. The highest BCUT2D eigenvalue weighted by molar-refractivity contribution is 6.36. The van der Waals surface area contributed by atoms with Gasteiger partial charge in [-0.25, -0.2) is 0 Å². The molecule has 0 saturated heterocycles. The van der Waals surface area contributed by atoms with E-state index in [1.165, 1.54) is 11.1 Å². The first-order chi connectivity index (χ1) is 13.2. The van der Waals surface area contributed by atoms with Crippen molar-refractivity contribution in [3.63, 3.8) is 0 Å². The van der Waals surface area contributed by atoms with Gasteiger partial charge in [-0.3, -0.25) is 9.78 Å². The predicted octanol–water partition coefficient (Wildman–Crippen LogP) is 5.94. The molecular formula is C23H21ClN2O. The molecule has 4 rings (SSSR count). The number of nitrogens with one attached hydrogen (secondary N) is 1. The first-order valence-electron chi connectivity index (χ1n) is 9.32. The Morgan fingerprint density at radius 3 is 2.67 bits per heavy atom. The summed E-state index contributed by atoms with van der Waals surface area (Å²) in [4.78, 5) is 17.5. The van der Waals surface area contributed by atoms with Gasteiger partial charge in [0.1, 0.15) is 0 Å². The molecule has 0 spiro atoms. The summed E-state index contributed by atoms with van der Waals surface area (Å²) in [5.74, 6) is -0.0186. The maximum Gasteiger partial charge on any atom is 0.251 e. The fourth-order valence-corrected chi connectivity index (χ4v) is 3.93. The monoisotopic (exact) mass is 376 g/mol. The number of rotatable bonds is 4. The van der Waals surface area contributed by atoms with Gasteiger partial charge >= 0.3 is 0 Å². The molecule has 0 bridgehead atoms. The van der Waals surface area contributed by atoms with Crippen LogP contribution < -0.4 is 5.32 Å². The van der Waals surface area contributed by atoms with Crippen LogP contribution in [0.1, 0.15) is 31.2 Å². The average molecular weight is 377 g/mol. The SMILES string of the molecule is O=C(Nc1ccc(Cl)c2cccnc12)C1=C(Cc2ccccc2)CCCC1. The average Bonchev–Trinajstić information content (AvgIpc) is 2.71. The van der Waals surface area contributed by atoms with Crippen LogP contribution in [-0.4, -0.2) is 10.9 Å². The molecule has 27 heavy (non-hydrogen) atoms. The van der Waals surface area contributed by atoms with Crippen molar-refractivity contribution in [1.82, 2.24) is 4.98 Å². The third kappa shape index (κ3) is 3.88. The fraction of sp³-hybridized carbons (Fsp3) is 0.217. The van der Waals surface area contributed by atoms with Gasteiger partial charge in [0.15, 0.2) is 0 Å². The standard InChI is InChI=1S/C23H21ClN2O/c24-20-12-13-21(22-19(20)11-6-14-25-22)26-23(27)18-10-5-4-9-17(18)15-16-7-2-1-3-8-16/h1-3,6-8,11-14H,4-5,9-10,15H2,(H,26,27). The van der Waals surface area contributed by atoms with Gasteiger partial charge in [-0.15, -0.1) is 0 Å². The number of allylic oxidation sites excluding steroid dienone is 1. The minimum Gasteiger partial charge on any atom is -0.320 e. The zero-order valence-electron chi connectivity index (χ0n) is 15.0. The Morgan fingerprint density at radius 1 is 1.00 bits per heavy atom. The summed E-state index contributed by atoms with van der Waals surface area (Å²) in [6, 6.07) is 17.8. The van der Waals surface area contributed by atoms with Crippen LogP contribution in [0.15, 0.2) is 71.9 Å². The second-order valence-corrected chi connectivity index (χ2v) is 7.31. The topological polar surface area (TPSA) is 42.0 Å². The Kier molecular flexibility index (Phi) is 5.21. The Bertz CT molecular complexity index is 1010. The summed E-state index contributed by atoms with van der Waals surface area (Å²) in [5, 5.41) is 4.56. The molecule has 2 aromatic carbocycles. The van der Waals surface area contributed by atoms with Crippen molar-refractivity contribution in [2.24, 2.45) is 0 Å². The zero-order valence-corrected chi connectivity index (χ0v) is 15.8. The van der Waals surface area contributed by atoms with Crippen molar-refractivity contribution in [2.75, 3.05) is 5.32 Å². The van der Waals surface area contributed by atoms with Crippen molar-refractivity contribution < 1.29 is 4.79 Å². The molecule has 0 fully saturated rings. The highest BCUT2D eigenvalue weighted by Crippen LogP contribution is 2.31. The van der Waals surface area contributed by atoms with E-state index in [2.05, 4.69) is 22.4 Å². The summed E-state index contributed by atoms with van der Waals surface area (Å²) in [5.41, 5.74) is 4.84. The number of hydrogen-bond donors (Lipinski definition) is 1. The van der Waals surface area contributed by atoms with E-state index in [4.69, 9.17) is 11.6 Å². The molecule has 0 aliphatic heterocycles. The van der Waals surface area contributed by atoms with Crippen LogP contribution in [0.4, 0.5) is 5.69 Å². The van der Waals surface area contributed by atoms with Gasteiger partial charge in [0, 0.05) is 17.2 Å². The Hall–Kier alpha value is -2.65. The molecule has 3 aromatic rings. The van der Waals surface area contributed by atoms with Crippen molar-refractivity contribution in [3.8, 4) is 0 Å². The largest absolute Gasteiger partial charge is 0.320 e. The molecule has 1 amide bonds. The van der Waals surface area contributed by atoms with Gasteiger partial charge in [-0.1, -0.05) is 47.5 Å². The highest BCUT2D eigenvalue weighted by Gasteiger charge is 2.20. The second-order valence-electron chi connectivity index (χ2n) is 6.90. The van der Waals surface area contributed by atoms with Crippen molar-refractivity contribution in [2.45, 2.75) is 32.1 Å². The number of carbonyl (C=O) groups is 1. The summed E-state index contributed by atoms with van der Waals surface area (Å²) in [6.45, 7) is 0. The lowest BCUT2D eigenvalue weighted by atomic mass is 9.87. The smallest absolute Gasteiger partial charge is 0.251 e. The molecule has 1 heterocycles. The Morgan fingerprint density at radius 2 is 1.81 bits per heavy atom. The minimum atomic E-state index is -0.0186. The summed E-state index contributed by atoms with van der Waals surface area (Å²) < 4.78 is 0. The van der Waals surface area contributed by atoms with Crippen LogP contribution in [0.25, 0.3) is 10.9 Å². The van der Waals surface area contributed by atoms with Gasteiger partial charge in [0.2, 0.25) is 0 Å². The molecule has 0 saturated carbocycles. The molecule has 0 unspecified atom stereocenters. The fourth-order valence-electron chi connectivity index (χ4n) is 3.72. The molecule has 0 radical (unpaired) electrons. The summed E-state index contributed by atoms with van der Waals surface area (Å²) >= 11 is 6.27. The van der Waals surface area contributed by atoms with Gasteiger partial charge in [-0.2, -0.15) is 0 Å². The maximum atomic E-state index is 13.1.